The number of benzene rings is 1. The molecule has 1 heterocycles. The summed E-state index contributed by atoms with van der Waals surface area (Å²) in [5, 5.41) is 5.20. The number of aryl methyl sites for hydroxylation is 3. The molecular formula is C15H21ClN4. The van der Waals surface area contributed by atoms with E-state index in [9.17, 15) is 0 Å². The number of nitrogens with one attached hydrogen (secondary N) is 1. The van der Waals surface area contributed by atoms with Gasteiger partial charge in [0.05, 0.1) is 22.5 Å². The summed E-state index contributed by atoms with van der Waals surface area (Å²) in [4.78, 5) is 0. The monoisotopic (exact) mass is 292 g/mol. The lowest BCUT2D eigenvalue weighted by Gasteiger charge is -2.17. The third-order valence-electron chi connectivity index (χ3n) is 3.55. The van der Waals surface area contributed by atoms with Gasteiger partial charge in [-0.15, -0.1) is 0 Å². The number of halogens is 1. The van der Waals surface area contributed by atoms with Gasteiger partial charge in [-0.3, -0.25) is 16.0 Å². The van der Waals surface area contributed by atoms with Crippen LogP contribution in [0.5, 0.6) is 0 Å². The van der Waals surface area contributed by atoms with Crippen molar-refractivity contribution in [2.45, 2.75) is 32.7 Å². The number of nitrogens with zero attached hydrogens (tertiary/aromatic N) is 2. The Morgan fingerprint density at radius 3 is 2.75 bits per heavy atom. The summed E-state index contributed by atoms with van der Waals surface area (Å²) in [6.45, 7) is 4.13. The van der Waals surface area contributed by atoms with Gasteiger partial charge in [0.2, 0.25) is 0 Å². The van der Waals surface area contributed by atoms with E-state index in [1.165, 1.54) is 5.56 Å². The van der Waals surface area contributed by atoms with Crippen molar-refractivity contribution in [3.63, 3.8) is 0 Å². The molecular weight excluding hydrogens is 272 g/mol. The number of aromatic nitrogens is 2. The Hall–Kier alpha value is -1.36. The normalized spacial score (nSPS) is 12.7. The van der Waals surface area contributed by atoms with E-state index >= 15 is 0 Å². The summed E-state index contributed by atoms with van der Waals surface area (Å²) in [6, 6.07) is 8.34. The topological polar surface area (TPSA) is 55.9 Å². The molecule has 0 spiro atoms. The molecule has 0 radical (unpaired) electrons. The second kappa shape index (κ2) is 6.39. The van der Waals surface area contributed by atoms with Crippen LogP contribution in [0.3, 0.4) is 0 Å². The van der Waals surface area contributed by atoms with E-state index in [2.05, 4.69) is 42.6 Å². The highest BCUT2D eigenvalue weighted by Crippen LogP contribution is 2.26. The summed E-state index contributed by atoms with van der Waals surface area (Å²) < 4.78 is 1.85. The van der Waals surface area contributed by atoms with Crippen molar-refractivity contribution in [3.05, 3.63) is 51.8 Å². The molecule has 0 saturated carbocycles. The molecule has 4 nitrogen and oxygen atoms in total. The molecule has 3 N–H and O–H groups in total. The molecule has 0 bridgehead atoms. The summed E-state index contributed by atoms with van der Waals surface area (Å²) in [5.74, 6) is 5.72. The zero-order valence-corrected chi connectivity index (χ0v) is 12.9. The van der Waals surface area contributed by atoms with Gasteiger partial charge in [0, 0.05) is 13.5 Å². The van der Waals surface area contributed by atoms with Crippen molar-refractivity contribution in [1.82, 2.24) is 15.2 Å². The minimum Gasteiger partial charge on any atom is -0.271 e. The fraction of sp³-hybridized carbons (Fsp3) is 0.400. The van der Waals surface area contributed by atoms with E-state index in [-0.39, 0.29) is 6.04 Å². The molecule has 0 aliphatic heterocycles. The lowest BCUT2D eigenvalue weighted by Crippen LogP contribution is -2.30. The van der Waals surface area contributed by atoms with Crippen molar-refractivity contribution in [2.75, 3.05) is 0 Å². The van der Waals surface area contributed by atoms with Crippen LogP contribution >= 0.6 is 11.6 Å². The van der Waals surface area contributed by atoms with Crippen LogP contribution in [-0.4, -0.2) is 9.78 Å². The maximum absolute atomic E-state index is 6.40. The Balaban J connectivity index is 2.29. The van der Waals surface area contributed by atoms with Gasteiger partial charge in [-0.25, -0.2) is 0 Å². The van der Waals surface area contributed by atoms with Gasteiger partial charge in [0.25, 0.3) is 0 Å². The molecule has 1 aromatic carbocycles. The van der Waals surface area contributed by atoms with Crippen LogP contribution in [0.2, 0.25) is 5.02 Å². The molecule has 0 amide bonds. The first-order valence-corrected chi connectivity index (χ1v) is 7.17. The lowest BCUT2D eigenvalue weighted by molar-refractivity contribution is 0.529. The minimum atomic E-state index is 0.0208. The summed E-state index contributed by atoms with van der Waals surface area (Å²) in [6.07, 6.45) is 1.54. The minimum absolute atomic E-state index is 0.0208. The molecule has 0 saturated heterocycles. The Morgan fingerprint density at radius 1 is 1.45 bits per heavy atom. The number of nitrogens with two attached hydrogens (primary N) is 1. The highest BCUT2D eigenvalue weighted by molar-refractivity contribution is 6.31. The van der Waals surface area contributed by atoms with Crippen LogP contribution in [0.15, 0.2) is 24.3 Å². The van der Waals surface area contributed by atoms with Crippen LogP contribution in [0.4, 0.5) is 0 Å². The molecule has 1 unspecified atom stereocenters. The average molecular weight is 293 g/mol. The zero-order chi connectivity index (χ0) is 14.7. The number of rotatable bonds is 5. The predicted molar refractivity (Wildman–Crippen MR) is 82.5 cm³/mol. The Morgan fingerprint density at radius 2 is 2.20 bits per heavy atom. The second-order valence-electron chi connectivity index (χ2n) is 5.02. The molecule has 2 aromatic rings. The highest BCUT2D eigenvalue weighted by atomic mass is 35.5. The fourth-order valence-electron chi connectivity index (χ4n) is 2.39. The van der Waals surface area contributed by atoms with Gasteiger partial charge in [-0.05, 0) is 18.9 Å². The van der Waals surface area contributed by atoms with E-state index in [1.54, 1.807) is 0 Å². The van der Waals surface area contributed by atoms with E-state index < -0.39 is 0 Å². The third kappa shape index (κ3) is 3.03. The fourth-order valence-corrected chi connectivity index (χ4v) is 2.77. The molecule has 2 rings (SSSR count). The number of hydrogen-bond donors (Lipinski definition) is 2. The molecule has 5 heteroatoms. The van der Waals surface area contributed by atoms with Crippen molar-refractivity contribution in [3.8, 4) is 0 Å². The van der Waals surface area contributed by atoms with Crippen molar-refractivity contribution in [1.29, 1.82) is 0 Å². The van der Waals surface area contributed by atoms with Gasteiger partial charge in [-0.1, -0.05) is 48.4 Å². The molecule has 20 heavy (non-hydrogen) atoms. The molecule has 1 aromatic heterocycles. The second-order valence-corrected chi connectivity index (χ2v) is 5.40. The standard InChI is InChI=1S/C15H21ClN4/c1-4-12-15(16)14(20(3)19-12)9-13(18-17)11-7-5-6-10(2)8-11/h5-8,13,18H,4,9,17H2,1-3H3. The largest absolute Gasteiger partial charge is 0.271 e. The van der Waals surface area contributed by atoms with Crippen LogP contribution in [-0.2, 0) is 19.9 Å². The smallest absolute Gasteiger partial charge is 0.0850 e. The Bertz CT molecular complexity index is 592. The van der Waals surface area contributed by atoms with Crippen LogP contribution in [0.1, 0.15) is 35.5 Å². The first kappa shape index (κ1) is 15.0. The van der Waals surface area contributed by atoms with Crippen LogP contribution in [0.25, 0.3) is 0 Å². The van der Waals surface area contributed by atoms with Gasteiger partial charge in [0.15, 0.2) is 0 Å². The Kier molecular flexibility index (Phi) is 4.81. The molecule has 1 atom stereocenters. The third-order valence-corrected chi connectivity index (χ3v) is 3.98. The van der Waals surface area contributed by atoms with Gasteiger partial charge < -0.3 is 0 Å². The van der Waals surface area contributed by atoms with Gasteiger partial charge in [-0.2, -0.15) is 5.10 Å². The van der Waals surface area contributed by atoms with Crippen molar-refractivity contribution in [2.24, 2.45) is 12.9 Å². The maximum atomic E-state index is 6.40. The molecule has 0 fully saturated rings. The predicted octanol–water partition coefficient (Wildman–Crippen LogP) is 2.69. The van der Waals surface area contributed by atoms with Gasteiger partial charge >= 0.3 is 0 Å². The van der Waals surface area contributed by atoms with E-state index in [1.807, 2.05) is 17.8 Å². The SMILES string of the molecule is CCc1nn(C)c(CC(NN)c2cccc(C)c2)c1Cl. The van der Waals surface area contributed by atoms with Crippen molar-refractivity contribution >= 4 is 11.6 Å². The highest BCUT2D eigenvalue weighted by Gasteiger charge is 2.18. The number of hydrogen-bond acceptors (Lipinski definition) is 3. The average Bonchev–Trinajstić information content (AvgIpc) is 2.71. The van der Waals surface area contributed by atoms with Crippen LogP contribution < -0.4 is 11.3 Å². The quantitative estimate of drug-likeness (QED) is 0.658. The maximum Gasteiger partial charge on any atom is 0.0850 e. The Labute approximate surface area is 124 Å². The van der Waals surface area contributed by atoms with E-state index in [4.69, 9.17) is 17.4 Å². The summed E-state index contributed by atoms with van der Waals surface area (Å²) in [5.41, 5.74) is 7.19. The van der Waals surface area contributed by atoms with Crippen LogP contribution in [0, 0.1) is 6.92 Å². The lowest BCUT2D eigenvalue weighted by atomic mass is 10.0. The first-order valence-electron chi connectivity index (χ1n) is 6.79. The van der Waals surface area contributed by atoms with E-state index in [0.29, 0.717) is 6.42 Å². The number of hydrazine groups is 1. The molecule has 0 aliphatic carbocycles. The van der Waals surface area contributed by atoms with Gasteiger partial charge in [0.1, 0.15) is 0 Å². The van der Waals surface area contributed by atoms with Crippen molar-refractivity contribution < 1.29 is 0 Å². The summed E-state index contributed by atoms with van der Waals surface area (Å²) >= 11 is 6.40. The molecule has 108 valence electrons. The van der Waals surface area contributed by atoms with E-state index in [0.717, 1.165) is 28.4 Å². The molecule has 0 aliphatic rings. The first-order chi connectivity index (χ1) is 9.56. The zero-order valence-electron chi connectivity index (χ0n) is 12.2. The summed E-state index contributed by atoms with van der Waals surface area (Å²) in [7, 11) is 1.92.